The minimum Gasteiger partial charge on any atom is -0.480 e. The van der Waals surface area contributed by atoms with E-state index >= 15 is 0 Å². The molecule has 0 atom stereocenters. The van der Waals surface area contributed by atoms with Gasteiger partial charge in [0.15, 0.2) is 11.3 Å². The van der Waals surface area contributed by atoms with Gasteiger partial charge in [-0.15, -0.1) is 11.3 Å². The fourth-order valence-corrected chi connectivity index (χ4v) is 6.59. The van der Waals surface area contributed by atoms with Gasteiger partial charge in [0.25, 0.3) is 0 Å². The predicted molar refractivity (Wildman–Crippen MR) is 199 cm³/mol. The van der Waals surface area contributed by atoms with Crippen LogP contribution >= 0.6 is 11.3 Å². The molecule has 0 unspecified atom stereocenters. The van der Waals surface area contributed by atoms with Gasteiger partial charge in [0, 0.05) is 42.3 Å². The molecule has 0 saturated heterocycles. The smallest absolute Gasteiger partial charge is 0.172 e. The first kappa shape index (κ1) is 37.2. The Morgan fingerprint density at radius 1 is 0.766 bits per heavy atom. The Morgan fingerprint density at radius 3 is 1.83 bits per heavy atom. The van der Waals surface area contributed by atoms with Gasteiger partial charge < -0.3 is 14.5 Å². The van der Waals surface area contributed by atoms with E-state index in [9.17, 15) is 15.8 Å². The summed E-state index contributed by atoms with van der Waals surface area (Å²) >= 11 is 1.72. The Morgan fingerprint density at radius 2 is 1.32 bits per heavy atom. The Hall–Kier alpha value is -4.25. The summed E-state index contributed by atoms with van der Waals surface area (Å²) in [6.45, 7) is 16.9. The average molecular weight is 650 g/mol. The summed E-state index contributed by atoms with van der Waals surface area (Å²) in [5.74, 6) is 0.0628. The molecule has 248 valence electrons. The summed E-state index contributed by atoms with van der Waals surface area (Å²) in [7, 11) is 0. The van der Waals surface area contributed by atoms with Gasteiger partial charge in [-0.2, -0.15) is 15.8 Å². The van der Waals surface area contributed by atoms with Crippen LogP contribution in [0.1, 0.15) is 108 Å². The van der Waals surface area contributed by atoms with Crippen molar-refractivity contribution < 1.29 is 4.74 Å². The number of thiophene rings is 1. The molecule has 1 aromatic heterocycles. The van der Waals surface area contributed by atoms with Crippen LogP contribution in [0.15, 0.2) is 58.9 Å². The van der Waals surface area contributed by atoms with Crippen LogP contribution in [-0.2, 0) is 4.74 Å². The Bertz CT molecular complexity index is 1540. The molecule has 0 bridgehead atoms. The van der Waals surface area contributed by atoms with E-state index in [0.717, 1.165) is 56.7 Å². The van der Waals surface area contributed by atoms with Crippen molar-refractivity contribution in [1.82, 2.24) is 0 Å². The van der Waals surface area contributed by atoms with Gasteiger partial charge in [-0.05, 0) is 75.4 Å². The maximum absolute atomic E-state index is 9.97. The lowest BCUT2D eigenvalue weighted by Crippen LogP contribution is -2.25. The van der Waals surface area contributed by atoms with E-state index < -0.39 is 5.60 Å². The van der Waals surface area contributed by atoms with Gasteiger partial charge in [-0.25, -0.2) is 0 Å². The van der Waals surface area contributed by atoms with Crippen molar-refractivity contribution in [3.05, 3.63) is 74.2 Å². The quantitative estimate of drug-likeness (QED) is 0.149. The Balaban J connectivity index is 2.01. The molecule has 0 aliphatic carbocycles. The van der Waals surface area contributed by atoms with E-state index in [4.69, 9.17) is 4.74 Å². The lowest BCUT2D eigenvalue weighted by atomic mass is 9.94. The minimum absolute atomic E-state index is 0.0628. The molecular weight excluding hydrogens is 599 g/mol. The lowest BCUT2D eigenvalue weighted by molar-refractivity contribution is 0.0954. The van der Waals surface area contributed by atoms with Crippen LogP contribution in [0.2, 0.25) is 0 Å². The highest BCUT2D eigenvalue weighted by atomic mass is 32.1. The highest BCUT2D eigenvalue weighted by Crippen LogP contribution is 2.41. The molecular formula is C40H51N5OS. The number of hydrogen-bond acceptors (Lipinski definition) is 7. The second-order valence-corrected chi connectivity index (χ2v) is 13.6. The highest BCUT2D eigenvalue weighted by Gasteiger charge is 2.38. The van der Waals surface area contributed by atoms with Crippen LogP contribution in [0.3, 0.4) is 0 Å². The number of rotatable bonds is 18. The van der Waals surface area contributed by atoms with Gasteiger partial charge in [0.05, 0.1) is 10.6 Å². The molecule has 47 heavy (non-hydrogen) atoms. The molecule has 0 spiro atoms. The van der Waals surface area contributed by atoms with Crippen molar-refractivity contribution in [3.63, 3.8) is 0 Å². The molecule has 3 rings (SSSR count). The molecule has 2 heterocycles. The molecule has 0 fully saturated rings. The van der Waals surface area contributed by atoms with Crippen LogP contribution in [0, 0.1) is 34.0 Å². The second-order valence-electron chi connectivity index (χ2n) is 12.5. The largest absolute Gasteiger partial charge is 0.480 e. The van der Waals surface area contributed by atoms with Crippen molar-refractivity contribution in [1.29, 1.82) is 15.8 Å². The van der Waals surface area contributed by atoms with E-state index in [1.165, 1.54) is 47.5 Å². The van der Waals surface area contributed by atoms with Crippen LogP contribution < -0.4 is 9.80 Å². The van der Waals surface area contributed by atoms with Crippen LogP contribution in [0.4, 0.5) is 11.4 Å². The van der Waals surface area contributed by atoms with Gasteiger partial charge >= 0.3 is 0 Å². The maximum Gasteiger partial charge on any atom is 0.172 e. The minimum atomic E-state index is -0.845. The Kier molecular flexibility index (Phi) is 14.9. The fraction of sp³-hybridized carbons (Fsp3) is 0.475. The molecule has 0 radical (unpaired) electrons. The lowest BCUT2D eigenvalue weighted by Gasteiger charge is -2.25. The standard InChI is InChI=1S/C40H51N5OS/c1-7-11-23-44(24-12-8-2)33-18-15-31(16-19-33)17-22-38-37(45(25-13-9-3)26-14-10-4)27-34(47-38)20-21-36-35(30-43)39(32(28-41)29-42)46-40(36,5)6/h15-22,27H,7-14,23-26H2,1-6H3/b21-20+,22-17+. The molecule has 7 heteroatoms. The third-order valence-corrected chi connectivity index (χ3v) is 9.45. The first-order valence-electron chi connectivity index (χ1n) is 17.2. The topological polar surface area (TPSA) is 87.1 Å². The van der Waals surface area contributed by atoms with Crippen LogP contribution in [0.25, 0.3) is 18.2 Å². The molecule has 1 aromatic carbocycles. The van der Waals surface area contributed by atoms with E-state index in [-0.39, 0.29) is 16.9 Å². The summed E-state index contributed by atoms with van der Waals surface area (Å²) in [6.07, 6.45) is 17.7. The van der Waals surface area contributed by atoms with Gasteiger partial charge in [-0.1, -0.05) is 77.7 Å². The summed E-state index contributed by atoms with van der Waals surface area (Å²) in [5, 5.41) is 28.8. The molecule has 1 aliphatic heterocycles. The van der Waals surface area contributed by atoms with Gasteiger partial charge in [0.2, 0.25) is 0 Å². The number of nitriles is 3. The maximum atomic E-state index is 9.97. The zero-order valence-corrected chi connectivity index (χ0v) is 30.1. The summed E-state index contributed by atoms with van der Waals surface area (Å²) in [6, 6.07) is 17.1. The van der Waals surface area contributed by atoms with Crippen molar-refractivity contribution in [3.8, 4) is 18.2 Å². The number of ether oxygens (including phenoxy) is 1. The second kappa shape index (κ2) is 18.8. The number of unbranched alkanes of at least 4 members (excludes halogenated alkanes) is 4. The van der Waals surface area contributed by atoms with Crippen molar-refractivity contribution in [2.75, 3.05) is 36.0 Å². The summed E-state index contributed by atoms with van der Waals surface area (Å²) in [5.41, 5.74) is 3.55. The van der Waals surface area contributed by atoms with Crippen molar-refractivity contribution in [2.24, 2.45) is 0 Å². The zero-order chi connectivity index (χ0) is 34.2. The van der Waals surface area contributed by atoms with Crippen LogP contribution in [-0.4, -0.2) is 31.8 Å². The highest BCUT2D eigenvalue weighted by molar-refractivity contribution is 7.14. The van der Waals surface area contributed by atoms with E-state index in [2.05, 4.69) is 86.0 Å². The zero-order valence-electron chi connectivity index (χ0n) is 29.2. The summed E-state index contributed by atoms with van der Waals surface area (Å²) in [4.78, 5) is 7.29. The Labute approximate surface area is 287 Å². The summed E-state index contributed by atoms with van der Waals surface area (Å²) < 4.78 is 5.97. The van der Waals surface area contributed by atoms with Gasteiger partial charge in [0.1, 0.15) is 29.4 Å². The molecule has 0 N–H and O–H groups in total. The predicted octanol–water partition coefficient (Wildman–Crippen LogP) is 10.7. The molecule has 1 aliphatic rings. The SMILES string of the molecule is CCCCN(CCCC)c1ccc(/C=C/c2sc(/C=C/C3=C(C#N)C(=C(C#N)C#N)OC3(C)C)cc2N(CCCC)CCCC)cc1. The third kappa shape index (κ3) is 10.1. The van der Waals surface area contributed by atoms with Crippen molar-refractivity contribution in [2.45, 2.75) is 98.5 Å². The number of allylic oxidation sites excluding steroid dienone is 2. The van der Waals surface area contributed by atoms with Crippen molar-refractivity contribution >= 4 is 40.9 Å². The third-order valence-electron chi connectivity index (χ3n) is 8.39. The first-order chi connectivity index (χ1) is 22.8. The van der Waals surface area contributed by atoms with E-state index in [0.29, 0.717) is 5.57 Å². The number of hydrogen-bond donors (Lipinski definition) is 0. The van der Waals surface area contributed by atoms with Gasteiger partial charge in [-0.3, -0.25) is 0 Å². The molecule has 0 amide bonds. The molecule has 0 saturated carbocycles. The monoisotopic (exact) mass is 649 g/mol. The fourth-order valence-electron chi connectivity index (χ4n) is 5.60. The number of anilines is 2. The molecule has 2 aromatic rings. The molecule has 6 nitrogen and oxygen atoms in total. The number of nitrogens with zero attached hydrogens (tertiary/aromatic N) is 5. The normalized spacial score (nSPS) is 13.9. The van der Waals surface area contributed by atoms with E-state index in [1.54, 1.807) is 11.3 Å². The average Bonchev–Trinajstić information content (AvgIpc) is 3.60. The van der Waals surface area contributed by atoms with Crippen LogP contribution in [0.5, 0.6) is 0 Å². The van der Waals surface area contributed by atoms with E-state index in [1.807, 2.05) is 38.1 Å². The number of benzene rings is 1. The first-order valence-corrected chi connectivity index (χ1v) is 18.1.